The molecule has 0 aromatic heterocycles. The van der Waals surface area contributed by atoms with E-state index in [0.29, 0.717) is 11.6 Å². The quantitative estimate of drug-likeness (QED) is 0.855. The van der Waals surface area contributed by atoms with Crippen LogP contribution in [0.2, 0.25) is 0 Å². The summed E-state index contributed by atoms with van der Waals surface area (Å²) in [6.45, 7) is 5.50. The predicted molar refractivity (Wildman–Crippen MR) is 87.2 cm³/mol. The average Bonchev–Trinajstić information content (AvgIpc) is 2.91. The smallest absolute Gasteiger partial charge is 0.0359 e. The highest BCUT2D eigenvalue weighted by atomic mass is 15.2. The van der Waals surface area contributed by atoms with Crippen molar-refractivity contribution < 1.29 is 0 Å². The molecule has 0 aliphatic heterocycles. The molecule has 2 nitrogen and oxygen atoms in total. The summed E-state index contributed by atoms with van der Waals surface area (Å²) in [6.07, 6.45) is 6.52. The van der Waals surface area contributed by atoms with Crippen molar-refractivity contribution in [3.05, 3.63) is 35.4 Å². The molecule has 0 amide bonds. The Morgan fingerprint density at radius 3 is 2.40 bits per heavy atom. The lowest BCUT2D eigenvalue weighted by molar-refractivity contribution is 0.105. The van der Waals surface area contributed by atoms with Crippen LogP contribution in [0.4, 0.5) is 0 Å². The first-order chi connectivity index (χ1) is 9.60. The van der Waals surface area contributed by atoms with E-state index in [-0.39, 0.29) is 0 Å². The highest BCUT2D eigenvalue weighted by Crippen LogP contribution is 2.38. The van der Waals surface area contributed by atoms with Crippen molar-refractivity contribution >= 4 is 0 Å². The first-order valence-corrected chi connectivity index (χ1v) is 8.05. The zero-order valence-electron chi connectivity index (χ0n) is 13.6. The minimum Gasteiger partial charge on any atom is -0.312 e. The van der Waals surface area contributed by atoms with E-state index in [0.717, 1.165) is 13.0 Å². The Balaban J connectivity index is 2.24. The minimum atomic E-state index is 0.332. The van der Waals surface area contributed by atoms with Gasteiger partial charge < -0.3 is 10.2 Å². The topological polar surface area (TPSA) is 15.3 Å². The second-order valence-electron chi connectivity index (χ2n) is 6.45. The van der Waals surface area contributed by atoms with E-state index in [9.17, 15) is 0 Å². The van der Waals surface area contributed by atoms with Gasteiger partial charge in [0, 0.05) is 11.6 Å². The maximum atomic E-state index is 3.78. The van der Waals surface area contributed by atoms with Gasteiger partial charge in [-0.2, -0.15) is 0 Å². The van der Waals surface area contributed by atoms with Gasteiger partial charge >= 0.3 is 0 Å². The monoisotopic (exact) mass is 274 g/mol. The standard InChI is InChI=1S/C18H30N2/c1-5-19-17(14-16-11-7-6-10-15(16)2)18(20(3)4)12-8-9-13-18/h6-7,10-11,17,19H,5,8-9,12-14H2,1-4H3. The van der Waals surface area contributed by atoms with Gasteiger partial charge in [0.1, 0.15) is 0 Å². The van der Waals surface area contributed by atoms with Gasteiger partial charge in [-0.15, -0.1) is 0 Å². The summed E-state index contributed by atoms with van der Waals surface area (Å²) >= 11 is 0. The van der Waals surface area contributed by atoms with Gasteiger partial charge in [0.15, 0.2) is 0 Å². The molecule has 2 heteroatoms. The molecule has 112 valence electrons. The number of likely N-dealkylation sites (N-methyl/N-ethyl adjacent to an activating group) is 2. The maximum Gasteiger partial charge on any atom is 0.0359 e. The number of nitrogens with zero attached hydrogens (tertiary/aromatic N) is 1. The van der Waals surface area contributed by atoms with Gasteiger partial charge in [0.25, 0.3) is 0 Å². The van der Waals surface area contributed by atoms with E-state index in [1.807, 2.05) is 0 Å². The normalized spacial score (nSPS) is 19.4. The van der Waals surface area contributed by atoms with Gasteiger partial charge in [-0.05, 0) is 58.0 Å². The predicted octanol–water partition coefficient (Wildman–Crippen LogP) is 3.39. The Labute approximate surface area is 124 Å². The molecule has 2 rings (SSSR count). The Morgan fingerprint density at radius 1 is 1.20 bits per heavy atom. The molecule has 0 spiro atoms. The number of hydrogen-bond donors (Lipinski definition) is 1. The molecular formula is C18H30N2. The molecule has 1 fully saturated rings. The Morgan fingerprint density at radius 2 is 1.85 bits per heavy atom. The number of hydrogen-bond acceptors (Lipinski definition) is 2. The fourth-order valence-electron chi connectivity index (χ4n) is 3.85. The molecule has 1 saturated carbocycles. The third-order valence-corrected chi connectivity index (χ3v) is 5.14. The van der Waals surface area contributed by atoms with Crippen molar-refractivity contribution in [2.45, 2.75) is 57.5 Å². The van der Waals surface area contributed by atoms with Crippen LogP contribution in [0.25, 0.3) is 0 Å². The highest BCUT2D eigenvalue weighted by Gasteiger charge is 2.42. The zero-order valence-corrected chi connectivity index (χ0v) is 13.6. The van der Waals surface area contributed by atoms with Crippen LogP contribution in [-0.4, -0.2) is 37.1 Å². The summed E-state index contributed by atoms with van der Waals surface area (Å²) in [4.78, 5) is 2.48. The molecule has 1 aromatic carbocycles. The average molecular weight is 274 g/mol. The van der Waals surface area contributed by atoms with Crippen LogP contribution in [-0.2, 0) is 6.42 Å². The van der Waals surface area contributed by atoms with Crippen molar-refractivity contribution in [1.82, 2.24) is 10.2 Å². The van der Waals surface area contributed by atoms with Crippen LogP contribution in [0.1, 0.15) is 43.7 Å². The van der Waals surface area contributed by atoms with Crippen LogP contribution in [0.5, 0.6) is 0 Å². The third kappa shape index (κ3) is 3.07. The van der Waals surface area contributed by atoms with E-state index in [2.05, 4.69) is 62.4 Å². The molecule has 1 N–H and O–H groups in total. The molecule has 0 radical (unpaired) electrons. The number of aryl methyl sites for hydroxylation is 1. The Hall–Kier alpha value is -0.860. The molecule has 0 bridgehead atoms. The second kappa shape index (κ2) is 6.73. The Bertz CT molecular complexity index is 419. The largest absolute Gasteiger partial charge is 0.312 e. The van der Waals surface area contributed by atoms with Gasteiger partial charge in [-0.1, -0.05) is 44.0 Å². The molecular weight excluding hydrogens is 244 g/mol. The molecule has 0 saturated heterocycles. The Kier molecular flexibility index (Phi) is 5.22. The summed E-state index contributed by atoms with van der Waals surface area (Å²) in [5, 5.41) is 3.78. The van der Waals surface area contributed by atoms with Gasteiger partial charge in [-0.3, -0.25) is 0 Å². The van der Waals surface area contributed by atoms with Crippen LogP contribution < -0.4 is 5.32 Å². The molecule has 1 aromatic rings. The minimum absolute atomic E-state index is 0.332. The first-order valence-electron chi connectivity index (χ1n) is 8.05. The van der Waals surface area contributed by atoms with Crippen molar-refractivity contribution in [3.8, 4) is 0 Å². The lowest BCUT2D eigenvalue weighted by Crippen LogP contribution is -2.58. The molecule has 20 heavy (non-hydrogen) atoms. The van der Waals surface area contributed by atoms with Crippen molar-refractivity contribution in [2.24, 2.45) is 0 Å². The lowest BCUT2D eigenvalue weighted by Gasteiger charge is -2.44. The molecule has 1 aliphatic rings. The fraction of sp³-hybridized carbons (Fsp3) is 0.667. The summed E-state index contributed by atoms with van der Waals surface area (Å²) in [6, 6.07) is 9.37. The van der Waals surface area contributed by atoms with Crippen molar-refractivity contribution in [3.63, 3.8) is 0 Å². The van der Waals surface area contributed by atoms with Crippen molar-refractivity contribution in [1.29, 1.82) is 0 Å². The van der Waals surface area contributed by atoms with Crippen LogP contribution in [0.3, 0.4) is 0 Å². The number of rotatable bonds is 6. The van der Waals surface area contributed by atoms with Gasteiger partial charge in [0.2, 0.25) is 0 Å². The second-order valence-corrected chi connectivity index (χ2v) is 6.45. The van der Waals surface area contributed by atoms with Gasteiger partial charge in [0.05, 0.1) is 0 Å². The summed E-state index contributed by atoms with van der Waals surface area (Å²) in [5.74, 6) is 0. The molecule has 1 aliphatic carbocycles. The highest BCUT2D eigenvalue weighted by molar-refractivity contribution is 5.27. The van der Waals surface area contributed by atoms with E-state index >= 15 is 0 Å². The lowest BCUT2D eigenvalue weighted by atomic mass is 9.82. The van der Waals surface area contributed by atoms with E-state index < -0.39 is 0 Å². The third-order valence-electron chi connectivity index (χ3n) is 5.14. The van der Waals surface area contributed by atoms with E-state index in [1.54, 1.807) is 0 Å². The fourth-order valence-corrected chi connectivity index (χ4v) is 3.85. The number of benzene rings is 1. The van der Waals surface area contributed by atoms with Crippen LogP contribution in [0.15, 0.2) is 24.3 Å². The van der Waals surface area contributed by atoms with Crippen molar-refractivity contribution in [2.75, 3.05) is 20.6 Å². The molecule has 0 heterocycles. The van der Waals surface area contributed by atoms with E-state index in [1.165, 1.54) is 36.8 Å². The zero-order chi connectivity index (χ0) is 14.6. The van der Waals surface area contributed by atoms with Crippen LogP contribution in [0, 0.1) is 6.92 Å². The molecule has 1 atom stereocenters. The summed E-state index contributed by atoms with van der Waals surface area (Å²) in [7, 11) is 4.51. The van der Waals surface area contributed by atoms with Gasteiger partial charge in [-0.25, -0.2) is 0 Å². The SMILES string of the molecule is CCNC(Cc1ccccc1C)C1(N(C)C)CCCC1. The maximum absolute atomic E-state index is 3.78. The van der Waals surface area contributed by atoms with E-state index in [4.69, 9.17) is 0 Å². The summed E-state index contributed by atoms with van der Waals surface area (Å²) in [5.41, 5.74) is 3.24. The first kappa shape index (κ1) is 15.5. The van der Waals surface area contributed by atoms with Crippen LogP contribution >= 0.6 is 0 Å². The number of nitrogens with one attached hydrogen (secondary N) is 1. The summed E-state index contributed by atoms with van der Waals surface area (Å²) < 4.78 is 0. The molecule has 1 unspecified atom stereocenters.